The van der Waals surface area contributed by atoms with Crippen molar-refractivity contribution in [1.29, 1.82) is 0 Å². The Bertz CT molecular complexity index is 160. The lowest BCUT2D eigenvalue weighted by Gasteiger charge is -2.26. The molecule has 10 heavy (non-hydrogen) atoms. The lowest BCUT2D eigenvalue weighted by Crippen LogP contribution is -2.30. The van der Waals surface area contributed by atoms with Crippen LogP contribution < -0.4 is 5.32 Å². The SMILES string of the molecule is CC1=CNC2CCCC[C@@H]12. The van der Waals surface area contributed by atoms with Gasteiger partial charge in [0.1, 0.15) is 0 Å². The van der Waals surface area contributed by atoms with E-state index in [1.54, 1.807) is 5.57 Å². The molecule has 0 spiro atoms. The molecule has 56 valence electrons. The molecule has 1 unspecified atom stereocenters. The Kier molecular flexibility index (Phi) is 1.44. The van der Waals surface area contributed by atoms with Crippen LogP contribution in [0.2, 0.25) is 0 Å². The Morgan fingerprint density at radius 2 is 2.20 bits per heavy atom. The summed E-state index contributed by atoms with van der Waals surface area (Å²) in [6, 6.07) is 0.800. The van der Waals surface area contributed by atoms with E-state index in [0.717, 1.165) is 12.0 Å². The van der Waals surface area contributed by atoms with Crippen LogP contribution in [-0.4, -0.2) is 6.04 Å². The highest BCUT2D eigenvalue weighted by atomic mass is 14.9. The summed E-state index contributed by atoms with van der Waals surface area (Å²) in [5, 5.41) is 3.45. The minimum Gasteiger partial charge on any atom is -0.388 e. The zero-order valence-corrected chi connectivity index (χ0v) is 6.56. The molecule has 0 aromatic rings. The minimum atomic E-state index is 0.800. The van der Waals surface area contributed by atoms with E-state index < -0.39 is 0 Å². The zero-order chi connectivity index (χ0) is 6.97. The fourth-order valence-corrected chi connectivity index (χ4v) is 2.22. The van der Waals surface area contributed by atoms with Gasteiger partial charge in [0.2, 0.25) is 0 Å². The largest absolute Gasteiger partial charge is 0.388 e. The van der Waals surface area contributed by atoms with Gasteiger partial charge in [-0.3, -0.25) is 0 Å². The lowest BCUT2D eigenvalue weighted by molar-refractivity contribution is 0.342. The Labute approximate surface area is 62.5 Å². The van der Waals surface area contributed by atoms with Crippen molar-refractivity contribution in [3.63, 3.8) is 0 Å². The minimum absolute atomic E-state index is 0.800. The molecule has 0 aromatic heterocycles. The first-order valence-corrected chi connectivity index (χ1v) is 4.30. The third-order valence-corrected chi connectivity index (χ3v) is 2.88. The molecule has 1 saturated carbocycles. The summed E-state index contributed by atoms with van der Waals surface area (Å²) in [5.74, 6) is 0.883. The highest BCUT2D eigenvalue weighted by Gasteiger charge is 2.28. The van der Waals surface area contributed by atoms with Crippen molar-refractivity contribution in [1.82, 2.24) is 5.32 Å². The van der Waals surface area contributed by atoms with E-state index in [4.69, 9.17) is 0 Å². The smallest absolute Gasteiger partial charge is 0.0321 e. The van der Waals surface area contributed by atoms with Crippen LogP contribution in [-0.2, 0) is 0 Å². The van der Waals surface area contributed by atoms with Gasteiger partial charge in [0.25, 0.3) is 0 Å². The first-order valence-electron chi connectivity index (χ1n) is 4.30. The number of hydrogen-bond donors (Lipinski definition) is 1. The first kappa shape index (κ1) is 6.26. The second kappa shape index (κ2) is 2.30. The van der Waals surface area contributed by atoms with Gasteiger partial charge < -0.3 is 5.32 Å². The molecule has 0 bridgehead atoms. The molecule has 0 aromatic carbocycles. The number of nitrogens with one attached hydrogen (secondary N) is 1. The second-order valence-electron chi connectivity index (χ2n) is 3.55. The molecule has 0 radical (unpaired) electrons. The molecule has 1 aliphatic heterocycles. The third-order valence-electron chi connectivity index (χ3n) is 2.88. The lowest BCUT2D eigenvalue weighted by atomic mass is 9.83. The van der Waals surface area contributed by atoms with Crippen molar-refractivity contribution in [3.05, 3.63) is 11.8 Å². The molecule has 0 amide bonds. The van der Waals surface area contributed by atoms with Crippen LogP contribution in [0.25, 0.3) is 0 Å². The van der Waals surface area contributed by atoms with E-state index in [2.05, 4.69) is 18.4 Å². The van der Waals surface area contributed by atoms with Crippen LogP contribution in [0.15, 0.2) is 11.8 Å². The first-order chi connectivity index (χ1) is 4.88. The van der Waals surface area contributed by atoms with Gasteiger partial charge in [-0.2, -0.15) is 0 Å². The van der Waals surface area contributed by atoms with Crippen molar-refractivity contribution in [2.24, 2.45) is 5.92 Å². The van der Waals surface area contributed by atoms with E-state index in [9.17, 15) is 0 Å². The number of hydrogen-bond acceptors (Lipinski definition) is 1. The molecule has 2 aliphatic rings. The highest BCUT2D eigenvalue weighted by molar-refractivity contribution is 5.14. The van der Waals surface area contributed by atoms with E-state index in [1.807, 2.05) is 0 Å². The summed E-state index contributed by atoms with van der Waals surface area (Å²) < 4.78 is 0. The molecule has 2 rings (SSSR count). The average molecular weight is 137 g/mol. The van der Waals surface area contributed by atoms with Crippen LogP contribution in [0.4, 0.5) is 0 Å². The summed E-state index contributed by atoms with van der Waals surface area (Å²) in [7, 11) is 0. The van der Waals surface area contributed by atoms with Gasteiger partial charge in [0.05, 0.1) is 0 Å². The maximum atomic E-state index is 3.45. The van der Waals surface area contributed by atoms with E-state index in [0.29, 0.717) is 0 Å². The average Bonchev–Trinajstić information content (AvgIpc) is 2.34. The molecule has 1 aliphatic carbocycles. The molecule has 1 nitrogen and oxygen atoms in total. The molecular weight excluding hydrogens is 122 g/mol. The van der Waals surface area contributed by atoms with Crippen LogP contribution in [0.5, 0.6) is 0 Å². The highest BCUT2D eigenvalue weighted by Crippen LogP contribution is 2.32. The van der Waals surface area contributed by atoms with Crippen molar-refractivity contribution < 1.29 is 0 Å². The van der Waals surface area contributed by atoms with Crippen LogP contribution >= 0.6 is 0 Å². The fourth-order valence-electron chi connectivity index (χ4n) is 2.22. The molecule has 1 fully saturated rings. The van der Waals surface area contributed by atoms with E-state index >= 15 is 0 Å². The van der Waals surface area contributed by atoms with Gasteiger partial charge in [-0.1, -0.05) is 18.4 Å². The maximum absolute atomic E-state index is 3.45. The fraction of sp³-hybridized carbons (Fsp3) is 0.778. The maximum Gasteiger partial charge on any atom is 0.0321 e. The van der Waals surface area contributed by atoms with Crippen molar-refractivity contribution >= 4 is 0 Å². The van der Waals surface area contributed by atoms with Gasteiger partial charge in [-0.15, -0.1) is 0 Å². The molecule has 1 heterocycles. The summed E-state index contributed by atoms with van der Waals surface area (Å²) in [6.07, 6.45) is 7.88. The van der Waals surface area contributed by atoms with Crippen molar-refractivity contribution in [2.45, 2.75) is 38.6 Å². The Morgan fingerprint density at radius 3 is 3.00 bits per heavy atom. The number of rotatable bonds is 0. The Morgan fingerprint density at radius 1 is 1.40 bits per heavy atom. The molecule has 1 N–H and O–H groups in total. The van der Waals surface area contributed by atoms with Crippen LogP contribution in [0.3, 0.4) is 0 Å². The van der Waals surface area contributed by atoms with E-state index in [-0.39, 0.29) is 0 Å². The second-order valence-corrected chi connectivity index (χ2v) is 3.55. The third kappa shape index (κ3) is 0.845. The van der Waals surface area contributed by atoms with Gasteiger partial charge in [0, 0.05) is 12.0 Å². The van der Waals surface area contributed by atoms with Crippen molar-refractivity contribution in [2.75, 3.05) is 0 Å². The van der Waals surface area contributed by atoms with Crippen molar-refractivity contribution in [3.8, 4) is 0 Å². The van der Waals surface area contributed by atoms with Gasteiger partial charge >= 0.3 is 0 Å². The zero-order valence-electron chi connectivity index (χ0n) is 6.56. The summed E-state index contributed by atoms with van der Waals surface area (Å²) in [6.45, 7) is 2.25. The molecule has 1 heteroatoms. The summed E-state index contributed by atoms with van der Waals surface area (Å²) in [4.78, 5) is 0. The van der Waals surface area contributed by atoms with Gasteiger partial charge in [-0.05, 0) is 26.0 Å². The Hall–Kier alpha value is -0.460. The predicted octanol–water partition coefficient (Wildman–Crippen LogP) is 2.05. The quantitative estimate of drug-likeness (QED) is 0.539. The predicted molar refractivity (Wildman–Crippen MR) is 42.6 cm³/mol. The normalized spacial score (nSPS) is 38.3. The van der Waals surface area contributed by atoms with E-state index in [1.165, 1.54) is 25.7 Å². The van der Waals surface area contributed by atoms with Crippen LogP contribution in [0.1, 0.15) is 32.6 Å². The molecule has 2 atom stereocenters. The standard InChI is InChI=1S/C9H15N/c1-7-6-10-9-5-3-2-4-8(7)9/h6,8-10H,2-5H2,1H3/t8-,9?/m0/s1. The molecule has 0 saturated heterocycles. The van der Waals surface area contributed by atoms with Crippen LogP contribution in [0, 0.1) is 5.92 Å². The van der Waals surface area contributed by atoms with Gasteiger partial charge in [0.15, 0.2) is 0 Å². The molecular formula is C9H15N. The topological polar surface area (TPSA) is 12.0 Å². The monoisotopic (exact) mass is 137 g/mol. The summed E-state index contributed by atoms with van der Waals surface area (Å²) >= 11 is 0. The number of fused-ring (bicyclic) bond motifs is 1. The Balaban J connectivity index is 2.08. The van der Waals surface area contributed by atoms with Gasteiger partial charge in [-0.25, -0.2) is 0 Å². The summed E-state index contributed by atoms with van der Waals surface area (Å²) in [5.41, 5.74) is 1.57.